The maximum Gasteiger partial charge on any atom is 0.123 e. The molecule has 8 rings (SSSR count). The number of halogens is 4. The van der Waals surface area contributed by atoms with Gasteiger partial charge in [-0.05, 0) is 121 Å². The summed E-state index contributed by atoms with van der Waals surface area (Å²) in [5, 5.41) is 17.8. The summed E-state index contributed by atoms with van der Waals surface area (Å²) in [4.78, 5) is 8.10. The second-order valence-corrected chi connectivity index (χ2v) is 11.3. The molecule has 12 heteroatoms. The van der Waals surface area contributed by atoms with Crippen molar-refractivity contribution in [2.24, 2.45) is 0 Å². The lowest BCUT2D eigenvalue weighted by atomic mass is 10.1. The first-order valence-corrected chi connectivity index (χ1v) is 15.6. The van der Waals surface area contributed by atoms with Crippen molar-refractivity contribution < 1.29 is 13.2 Å². The van der Waals surface area contributed by atoms with Gasteiger partial charge in [-0.3, -0.25) is 9.97 Å². The fraction of sp³-hybridized carbons (Fsp3) is 0. The molecule has 8 aromatic rings. The lowest BCUT2D eigenvalue weighted by molar-refractivity contribution is 0.626. The molecule has 4 aromatic heterocycles. The summed E-state index contributed by atoms with van der Waals surface area (Å²) in [5.41, 5.74) is 7.59. The standard InChI is InChI=1S/C19H12ClFN4.C19H12F2N4/c20-15-3-7-17(8-4-15)25-19(14-9-11-22-12-10-14)18(23-24-25)13-1-5-16(21)6-2-13;20-15-3-1-13(2-4-15)18-19(14-9-11-22-12-10-14)25(24-23-18)17-7-5-16(21)6-8-17/h2*1-12H. The molecule has 4 aromatic carbocycles. The van der Waals surface area contributed by atoms with Crippen molar-refractivity contribution in [2.45, 2.75) is 0 Å². The van der Waals surface area contributed by atoms with Crippen LogP contribution >= 0.6 is 11.6 Å². The number of hydrogen-bond acceptors (Lipinski definition) is 6. The fourth-order valence-electron chi connectivity index (χ4n) is 5.23. The van der Waals surface area contributed by atoms with E-state index in [-0.39, 0.29) is 17.5 Å². The SMILES string of the molecule is Fc1ccc(-c2nnn(-c3ccc(Cl)cc3)c2-c2ccncc2)cc1.Fc1ccc(-c2nnn(-c3ccc(F)cc3)c2-c2ccncc2)cc1. The van der Waals surface area contributed by atoms with Crippen LogP contribution in [0.3, 0.4) is 0 Å². The quantitative estimate of drug-likeness (QED) is 0.174. The van der Waals surface area contributed by atoms with Gasteiger partial charge in [0.05, 0.1) is 11.4 Å². The molecule has 0 aliphatic heterocycles. The predicted octanol–water partition coefficient (Wildman–Crippen LogP) is 9.06. The normalized spacial score (nSPS) is 10.8. The van der Waals surface area contributed by atoms with Crippen LogP contribution in [0.25, 0.3) is 56.4 Å². The minimum absolute atomic E-state index is 0.292. The van der Waals surface area contributed by atoms with Crippen molar-refractivity contribution >= 4 is 11.6 Å². The summed E-state index contributed by atoms with van der Waals surface area (Å²) in [6.07, 6.45) is 6.77. The molecule has 50 heavy (non-hydrogen) atoms. The van der Waals surface area contributed by atoms with Gasteiger partial charge in [-0.25, -0.2) is 22.5 Å². The number of pyridine rings is 2. The fourth-order valence-corrected chi connectivity index (χ4v) is 5.36. The third-order valence-electron chi connectivity index (χ3n) is 7.63. The Balaban J connectivity index is 0.000000157. The molecule has 0 bridgehead atoms. The Labute approximate surface area is 289 Å². The maximum atomic E-state index is 13.3. The summed E-state index contributed by atoms with van der Waals surface area (Å²) in [7, 11) is 0. The molecule has 0 N–H and O–H groups in total. The molecule has 4 heterocycles. The lowest BCUT2D eigenvalue weighted by Crippen LogP contribution is -2.00. The Hall–Kier alpha value is -6.46. The largest absolute Gasteiger partial charge is 0.265 e. The Kier molecular flexibility index (Phi) is 9.21. The van der Waals surface area contributed by atoms with E-state index in [0.29, 0.717) is 22.1 Å². The molecular formula is C38H24ClF3N8. The van der Waals surface area contributed by atoms with Crippen LogP contribution in [0, 0.1) is 17.5 Å². The maximum absolute atomic E-state index is 13.3. The third kappa shape index (κ3) is 6.89. The van der Waals surface area contributed by atoms with Gasteiger partial charge in [-0.15, -0.1) is 10.2 Å². The summed E-state index contributed by atoms with van der Waals surface area (Å²) in [5.74, 6) is -0.937. The Morgan fingerprint density at radius 1 is 0.400 bits per heavy atom. The Morgan fingerprint density at radius 3 is 1.12 bits per heavy atom. The molecule has 244 valence electrons. The van der Waals surface area contributed by atoms with Gasteiger partial charge in [0.2, 0.25) is 0 Å². The molecule has 0 aliphatic rings. The third-order valence-corrected chi connectivity index (χ3v) is 7.88. The van der Waals surface area contributed by atoms with Crippen molar-refractivity contribution in [3.8, 4) is 56.4 Å². The highest BCUT2D eigenvalue weighted by Gasteiger charge is 2.19. The molecule has 0 atom stereocenters. The van der Waals surface area contributed by atoms with Crippen LogP contribution in [0.15, 0.2) is 146 Å². The summed E-state index contributed by atoms with van der Waals surface area (Å²) in [6, 6.07) is 33.0. The molecular weight excluding hydrogens is 661 g/mol. The smallest absolute Gasteiger partial charge is 0.123 e. The Bertz CT molecular complexity index is 2030. The lowest BCUT2D eigenvalue weighted by Gasteiger charge is -2.08. The number of hydrogen-bond donors (Lipinski definition) is 0. The number of aromatic nitrogens is 8. The van der Waals surface area contributed by atoms with Gasteiger partial charge < -0.3 is 0 Å². The molecule has 0 aliphatic carbocycles. The molecule has 0 unspecified atom stereocenters. The Morgan fingerprint density at radius 2 is 0.740 bits per heavy atom. The molecule has 0 fully saturated rings. The average molecular weight is 685 g/mol. The zero-order chi connectivity index (χ0) is 34.5. The van der Waals surface area contributed by atoms with E-state index in [0.717, 1.165) is 39.3 Å². The van der Waals surface area contributed by atoms with Gasteiger partial charge in [0.25, 0.3) is 0 Å². The van der Waals surface area contributed by atoms with Crippen molar-refractivity contribution in [2.75, 3.05) is 0 Å². The zero-order valence-electron chi connectivity index (χ0n) is 25.9. The predicted molar refractivity (Wildman–Crippen MR) is 185 cm³/mol. The van der Waals surface area contributed by atoms with Gasteiger partial charge in [-0.2, -0.15) is 0 Å². The van der Waals surface area contributed by atoms with Gasteiger partial charge >= 0.3 is 0 Å². The van der Waals surface area contributed by atoms with E-state index in [1.807, 2.05) is 36.4 Å². The highest BCUT2D eigenvalue weighted by atomic mass is 35.5. The van der Waals surface area contributed by atoms with Gasteiger partial charge in [-0.1, -0.05) is 22.0 Å². The summed E-state index contributed by atoms with van der Waals surface area (Å²) >= 11 is 5.98. The zero-order valence-corrected chi connectivity index (χ0v) is 26.7. The first-order chi connectivity index (χ1) is 24.4. The molecule has 0 spiro atoms. The average Bonchev–Trinajstić information content (AvgIpc) is 3.80. The van der Waals surface area contributed by atoms with Crippen LogP contribution in [0.4, 0.5) is 13.2 Å². The topological polar surface area (TPSA) is 87.2 Å². The minimum Gasteiger partial charge on any atom is -0.265 e. The molecule has 0 radical (unpaired) electrons. The van der Waals surface area contributed by atoms with E-state index in [4.69, 9.17) is 11.6 Å². The van der Waals surface area contributed by atoms with Crippen LogP contribution in [0.1, 0.15) is 0 Å². The molecule has 8 nitrogen and oxygen atoms in total. The van der Waals surface area contributed by atoms with Crippen LogP contribution in [0.2, 0.25) is 5.02 Å². The first kappa shape index (κ1) is 32.1. The van der Waals surface area contributed by atoms with Gasteiger partial charge in [0, 0.05) is 52.1 Å². The second-order valence-electron chi connectivity index (χ2n) is 10.8. The van der Waals surface area contributed by atoms with Crippen LogP contribution in [-0.2, 0) is 0 Å². The molecule has 0 saturated carbocycles. The molecule has 0 amide bonds. The van der Waals surface area contributed by atoms with E-state index in [2.05, 4.69) is 30.6 Å². The first-order valence-electron chi connectivity index (χ1n) is 15.2. The number of rotatable bonds is 6. The highest BCUT2D eigenvalue weighted by molar-refractivity contribution is 6.30. The minimum atomic E-state index is -0.326. The van der Waals surface area contributed by atoms with Crippen molar-refractivity contribution in [3.05, 3.63) is 169 Å². The molecule has 0 saturated heterocycles. The summed E-state index contributed by atoms with van der Waals surface area (Å²) in [6.45, 7) is 0. The van der Waals surface area contributed by atoms with Crippen LogP contribution in [-0.4, -0.2) is 40.0 Å². The van der Waals surface area contributed by atoms with Crippen molar-refractivity contribution in [3.63, 3.8) is 0 Å². The van der Waals surface area contributed by atoms with Crippen molar-refractivity contribution in [1.82, 2.24) is 40.0 Å². The number of benzene rings is 4. The van der Waals surface area contributed by atoms with Crippen LogP contribution in [0.5, 0.6) is 0 Å². The van der Waals surface area contributed by atoms with Gasteiger partial charge in [0.15, 0.2) is 0 Å². The van der Waals surface area contributed by atoms with E-state index in [1.165, 1.54) is 36.4 Å². The van der Waals surface area contributed by atoms with E-state index in [9.17, 15) is 13.2 Å². The van der Waals surface area contributed by atoms with E-state index < -0.39 is 0 Å². The van der Waals surface area contributed by atoms with E-state index in [1.54, 1.807) is 82.7 Å². The van der Waals surface area contributed by atoms with Crippen LogP contribution < -0.4 is 0 Å². The highest BCUT2D eigenvalue weighted by Crippen LogP contribution is 2.33. The van der Waals surface area contributed by atoms with E-state index >= 15 is 0 Å². The van der Waals surface area contributed by atoms with Gasteiger partial charge in [0.1, 0.15) is 40.2 Å². The second kappa shape index (κ2) is 14.3. The monoisotopic (exact) mass is 684 g/mol. The summed E-state index contributed by atoms with van der Waals surface area (Å²) < 4.78 is 43.1. The number of nitrogens with zero attached hydrogens (tertiary/aromatic N) is 8. The van der Waals surface area contributed by atoms with Crippen molar-refractivity contribution in [1.29, 1.82) is 0 Å².